The average Bonchev–Trinajstić information content (AvgIpc) is 2.81. The van der Waals surface area contributed by atoms with Crippen LogP contribution in [0.25, 0.3) is 11.0 Å². The number of aromatic nitrogens is 2. The summed E-state index contributed by atoms with van der Waals surface area (Å²) < 4.78 is 2.42. The van der Waals surface area contributed by atoms with Gasteiger partial charge in [0.2, 0.25) is 0 Å². The van der Waals surface area contributed by atoms with E-state index in [-0.39, 0.29) is 5.38 Å². The smallest absolute Gasteiger partial charge is 0.127 e. The number of para-hydroxylation sites is 1. The highest BCUT2D eigenvalue weighted by Crippen LogP contribution is 2.37. The van der Waals surface area contributed by atoms with E-state index in [1.807, 2.05) is 6.92 Å². The van der Waals surface area contributed by atoms with E-state index in [0.717, 1.165) is 17.3 Å². The molecule has 1 atom stereocenters. The van der Waals surface area contributed by atoms with Crippen molar-refractivity contribution < 1.29 is 0 Å². The van der Waals surface area contributed by atoms with Gasteiger partial charge in [0.15, 0.2) is 0 Å². The molecule has 0 N–H and O–H groups in total. The van der Waals surface area contributed by atoms with Crippen molar-refractivity contribution in [3.63, 3.8) is 0 Å². The lowest BCUT2D eigenvalue weighted by atomic mass is 9.87. The maximum absolute atomic E-state index is 6.40. The fourth-order valence-corrected chi connectivity index (χ4v) is 3.59. The second-order valence-corrected chi connectivity index (χ2v) is 6.97. The van der Waals surface area contributed by atoms with Crippen LogP contribution in [0.15, 0.2) is 18.2 Å². The zero-order chi connectivity index (χ0) is 14.3. The van der Waals surface area contributed by atoms with Crippen molar-refractivity contribution in [2.24, 2.45) is 5.92 Å². The number of rotatable bonds is 2. The van der Waals surface area contributed by atoms with Crippen LogP contribution in [0.1, 0.15) is 62.3 Å². The Kier molecular flexibility index (Phi) is 3.76. The first-order chi connectivity index (χ1) is 9.58. The normalized spacial score (nSPS) is 25.0. The standard InChI is InChI=1S/C17H23ClN2/c1-11-7-9-14(10-8-11)20-15-6-4-5-12(2)16(15)19-17(20)13(3)18/h4-6,11,13-14H,7-10H2,1-3H3. The minimum atomic E-state index is -0.0406. The van der Waals surface area contributed by atoms with Gasteiger partial charge in [-0.15, -0.1) is 11.6 Å². The van der Waals surface area contributed by atoms with Crippen molar-refractivity contribution in [3.05, 3.63) is 29.6 Å². The molecule has 1 aliphatic rings. The van der Waals surface area contributed by atoms with E-state index in [0.29, 0.717) is 6.04 Å². The second kappa shape index (κ2) is 5.40. The van der Waals surface area contributed by atoms with Gasteiger partial charge < -0.3 is 4.57 Å². The summed E-state index contributed by atoms with van der Waals surface area (Å²) in [7, 11) is 0. The van der Waals surface area contributed by atoms with Crippen molar-refractivity contribution in [3.8, 4) is 0 Å². The van der Waals surface area contributed by atoms with Crippen molar-refractivity contribution >= 4 is 22.6 Å². The fourth-order valence-electron chi connectivity index (χ4n) is 3.44. The summed E-state index contributed by atoms with van der Waals surface area (Å²) in [4.78, 5) is 4.84. The highest BCUT2D eigenvalue weighted by molar-refractivity contribution is 6.20. The lowest BCUT2D eigenvalue weighted by molar-refractivity contribution is 0.289. The number of hydrogen-bond donors (Lipinski definition) is 0. The van der Waals surface area contributed by atoms with Gasteiger partial charge in [-0.3, -0.25) is 0 Å². The first kappa shape index (κ1) is 13.9. The Hall–Kier alpha value is -1.02. The van der Waals surface area contributed by atoms with Gasteiger partial charge in [-0.1, -0.05) is 19.1 Å². The monoisotopic (exact) mass is 290 g/mol. The molecule has 3 heteroatoms. The SMILES string of the molecule is Cc1cccc2c1nc(C(C)Cl)n2C1CCC(C)CC1. The van der Waals surface area contributed by atoms with Gasteiger partial charge in [0.25, 0.3) is 0 Å². The minimum absolute atomic E-state index is 0.0406. The summed E-state index contributed by atoms with van der Waals surface area (Å²) >= 11 is 6.40. The molecule has 0 radical (unpaired) electrons. The Labute approximate surface area is 126 Å². The highest BCUT2D eigenvalue weighted by atomic mass is 35.5. The van der Waals surface area contributed by atoms with Crippen molar-refractivity contribution in [2.45, 2.75) is 57.9 Å². The summed E-state index contributed by atoms with van der Waals surface area (Å²) in [6.45, 7) is 6.52. The Balaban J connectivity index is 2.12. The molecule has 108 valence electrons. The van der Waals surface area contributed by atoms with Crippen LogP contribution < -0.4 is 0 Å². The van der Waals surface area contributed by atoms with E-state index in [1.165, 1.54) is 36.8 Å². The number of aryl methyl sites for hydroxylation is 1. The molecule has 1 aromatic heterocycles. The first-order valence-electron chi connectivity index (χ1n) is 7.69. The molecule has 2 aromatic rings. The predicted octanol–water partition coefficient (Wildman–Crippen LogP) is 5.40. The second-order valence-electron chi connectivity index (χ2n) is 6.31. The number of benzene rings is 1. The topological polar surface area (TPSA) is 17.8 Å². The molecule has 2 nitrogen and oxygen atoms in total. The molecule has 0 saturated heterocycles. The van der Waals surface area contributed by atoms with Crippen LogP contribution in [0.2, 0.25) is 0 Å². The molecule has 0 aliphatic heterocycles. The lowest BCUT2D eigenvalue weighted by Crippen LogP contribution is -2.19. The van der Waals surface area contributed by atoms with E-state index < -0.39 is 0 Å². The Bertz CT molecular complexity index is 607. The molecule has 0 amide bonds. The molecular formula is C17H23ClN2. The van der Waals surface area contributed by atoms with Crippen LogP contribution in [0.5, 0.6) is 0 Å². The highest BCUT2D eigenvalue weighted by Gasteiger charge is 2.25. The summed E-state index contributed by atoms with van der Waals surface area (Å²) in [5.74, 6) is 1.90. The third-order valence-electron chi connectivity index (χ3n) is 4.66. The Morgan fingerprint density at radius 2 is 1.95 bits per heavy atom. The molecule has 1 aromatic carbocycles. The molecule has 0 bridgehead atoms. The molecule has 20 heavy (non-hydrogen) atoms. The molecule has 1 fully saturated rings. The van der Waals surface area contributed by atoms with E-state index in [4.69, 9.17) is 16.6 Å². The Morgan fingerprint density at radius 1 is 1.25 bits per heavy atom. The number of halogens is 1. The molecule has 1 unspecified atom stereocenters. The van der Waals surface area contributed by atoms with E-state index >= 15 is 0 Å². The Morgan fingerprint density at radius 3 is 2.60 bits per heavy atom. The average molecular weight is 291 g/mol. The van der Waals surface area contributed by atoms with Crippen molar-refractivity contribution in [2.75, 3.05) is 0 Å². The van der Waals surface area contributed by atoms with Gasteiger partial charge in [0.1, 0.15) is 5.82 Å². The van der Waals surface area contributed by atoms with Gasteiger partial charge in [0, 0.05) is 6.04 Å². The summed E-state index contributed by atoms with van der Waals surface area (Å²) in [5.41, 5.74) is 3.62. The maximum atomic E-state index is 6.40. The number of fused-ring (bicyclic) bond motifs is 1. The number of nitrogens with zero attached hydrogens (tertiary/aromatic N) is 2. The van der Waals surface area contributed by atoms with E-state index in [9.17, 15) is 0 Å². The zero-order valence-electron chi connectivity index (χ0n) is 12.6. The van der Waals surface area contributed by atoms with Crippen LogP contribution in [0.4, 0.5) is 0 Å². The van der Waals surface area contributed by atoms with Gasteiger partial charge in [-0.25, -0.2) is 4.98 Å². The molecule has 1 saturated carbocycles. The first-order valence-corrected chi connectivity index (χ1v) is 8.13. The van der Waals surface area contributed by atoms with Gasteiger partial charge in [-0.05, 0) is 57.1 Å². The molecular weight excluding hydrogens is 268 g/mol. The zero-order valence-corrected chi connectivity index (χ0v) is 13.3. The summed E-state index contributed by atoms with van der Waals surface area (Å²) in [6, 6.07) is 7.01. The van der Waals surface area contributed by atoms with Crippen LogP contribution in [0, 0.1) is 12.8 Å². The minimum Gasteiger partial charge on any atom is -0.324 e. The van der Waals surface area contributed by atoms with Crippen LogP contribution in [-0.2, 0) is 0 Å². The van der Waals surface area contributed by atoms with Crippen LogP contribution in [0.3, 0.4) is 0 Å². The third kappa shape index (κ3) is 2.35. The van der Waals surface area contributed by atoms with E-state index in [1.54, 1.807) is 0 Å². The number of hydrogen-bond acceptors (Lipinski definition) is 1. The fraction of sp³-hybridized carbons (Fsp3) is 0.588. The quantitative estimate of drug-likeness (QED) is 0.678. The summed E-state index contributed by atoms with van der Waals surface area (Å²) in [5, 5.41) is -0.0406. The van der Waals surface area contributed by atoms with Crippen molar-refractivity contribution in [1.29, 1.82) is 0 Å². The number of imidazole rings is 1. The molecule has 1 aliphatic carbocycles. The van der Waals surface area contributed by atoms with Crippen LogP contribution >= 0.6 is 11.6 Å². The third-order valence-corrected chi connectivity index (χ3v) is 4.85. The number of alkyl halides is 1. The van der Waals surface area contributed by atoms with Crippen LogP contribution in [-0.4, -0.2) is 9.55 Å². The molecule has 1 heterocycles. The molecule has 0 spiro atoms. The summed E-state index contributed by atoms with van der Waals surface area (Å²) in [6.07, 6.45) is 5.12. The van der Waals surface area contributed by atoms with Gasteiger partial charge in [0.05, 0.1) is 16.4 Å². The predicted molar refractivity (Wildman–Crippen MR) is 85.4 cm³/mol. The van der Waals surface area contributed by atoms with Gasteiger partial charge in [-0.2, -0.15) is 0 Å². The van der Waals surface area contributed by atoms with E-state index in [2.05, 4.69) is 36.6 Å². The van der Waals surface area contributed by atoms with Gasteiger partial charge >= 0.3 is 0 Å². The largest absolute Gasteiger partial charge is 0.324 e. The van der Waals surface area contributed by atoms with Crippen molar-refractivity contribution in [1.82, 2.24) is 9.55 Å². The maximum Gasteiger partial charge on any atom is 0.127 e. The lowest BCUT2D eigenvalue weighted by Gasteiger charge is -2.29. The molecule has 3 rings (SSSR count).